The van der Waals surface area contributed by atoms with Crippen LogP contribution in [0.5, 0.6) is 0 Å². The van der Waals surface area contributed by atoms with E-state index in [4.69, 9.17) is 5.73 Å². The van der Waals surface area contributed by atoms with Crippen molar-refractivity contribution in [3.8, 4) is 0 Å². The lowest BCUT2D eigenvalue weighted by atomic mass is 10.2. The van der Waals surface area contributed by atoms with Crippen LogP contribution in [0, 0.1) is 0 Å². The molecule has 0 aliphatic heterocycles. The van der Waals surface area contributed by atoms with Crippen molar-refractivity contribution in [1.82, 2.24) is 9.97 Å². The molecule has 14 heavy (non-hydrogen) atoms. The summed E-state index contributed by atoms with van der Waals surface area (Å²) in [5.74, 6) is 0. The monoisotopic (exact) mass is 269 g/mol. The molecule has 0 bridgehead atoms. The number of pyridine rings is 1. The second-order valence-electron chi connectivity index (χ2n) is 2.80. The lowest BCUT2D eigenvalue weighted by molar-refractivity contribution is 1.15. The molecule has 0 amide bonds. The third-order valence-corrected chi connectivity index (χ3v) is 3.56. The summed E-state index contributed by atoms with van der Waals surface area (Å²) in [6.07, 6.45) is 4.44. The quantitative estimate of drug-likeness (QED) is 0.912. The zero-order chi connectivity index (χ0) is 9.97. The van der Waals surface area contributed by atoms with Crippen molar-refractivity contribution < 1.29 is 0 Å². The fraction of sp³-hybridized carbons (Fsp3) is 0.111. The minimum Gasteiger partial charge on any atom is -0.375 e. The summed E-state index contributed by atoms with van der Waals surface area (Å²) in [5, 5.41) is 0.593. The highest BCUT2D eigenvalue weighted by molar-refractivity contribution is 9.10. The SMILES string of the molecule is Nc1nc(Br)c(Cc2cccnc2)s1. The van der Waals surface area contributed by atoms with Crippen LogP contribution in [0.15, 0.2) is 29.1 Å². The van der Waals surface area contributed by atoms with E-state index in [1.165, 1.54) is 11.3 Å². The van der Waals surface area contributed by atoms with Crippen LogP contribution in [0.2, 0.25) is 0 Å². The summed E-state index contributed by atoms with van der Waals surface area (Å²) in [4.78, 5) is 9.29. The number of nitrogen functional groups attached to an aromatic ring is 1. The highest BCUT2D eigenvalue weighted by Crippen LogP contribution is 2.27. The van der Waals surface area contributed by atoms with Gasteiger partial charge in [0, 0.05) is 23.7 Å². The normalized spacial score (nSPS) is 10.4. The van der Waals surface area contributed by atoms with Crippen LogP contribution in [0.1, 0.15) is 10.4 Å². The van der Waals surface area contributed by atoms with E-state index in [1.54, 1.807) is 6.20 Å². The topological polar surface area (TPSA) is 51.8 Å². The molecule has 0 unspecified atom stereocenters. The van der Waals surface area contributed by atoms with Crippen LogP contribution < -0.4 is 5.73 Å². The molecular weight excluding hydrogens is 262 g/mol. The maximum atomic E-state index is 5.59. The summed E-state index contributed by atoms with van der Waals surface area (Å²) >= 11 is 4.87. The number of hydrogen-bond acceptors (Lipinski definition) is 4. The maximum absolute atomic E-state index is 5.59. The molecule has 5 heteroatoms. The molecule has 0 radical (unpaired) electrons. The van der Waals surface area contributed by atoms with Crippen LogP contribution >= 0.6 is 27.3 Å². The highest BCUT2D eigenvalue weighted by atomic mass is 79.9. The number of thiazole rings is 1. The molecule has 0 atom stereocenters. The standard InChI is InChI=1S/C9H8BrN3S/c10-8-7(14-9(11)13-8)4-6-2-1-3-12-5-6/h1-3,5H,4H2,(H2,11,13). The average Bonchev–Trinajstić information content (AvgIpc) is 2.47. The molecule has 0 fully saturated rings. The van der Waals surface area contributed by atoms with Gasteiger partial charge in [-0.2, -0.15) is 0 Å². The fourth-order valence-electron chi connectivity index (χ4n) is 1.15. The summed E-state index contributed by atoms with van der Waals surface area (Å²) < 4.78 is 0.837. The zero-order valence-corrected chi connectivity index (χ0v) is 9.68. The first-order valence-corrected chi connectivity index (χ1v) is 5.66. The third-order valence-electron chi connectivity index (χ3n) is 1.75. The van der Waals surface area contributed by atoms with Gasteiger partial charge in [0.2, 0.25) is 0 Å². The molecule has 2 N–H and O–H groups in total. The molecule has 0 saturated carbocycles. The van der Waals surface area contributed by atoms with E-state index in [0.29, 0.717) is 5.13 Å². The number of hydrogen-bond donors (Lipinski definition) is 1. The van der Waals surface area contributed by atoms with Gasteiger partial charge in [0.25, 0.3) is 0 Å². The molecule has 72 valence electrons. The maximum Gasteiger partial charge on any atom is 0.181 e. The molecule has 0 saturated heterocycles. The van der Waals surface area contributed by atoms with E-state index in [2.05, 4.69) is 25.9 Å². The Bertz CT molecular complexity index is 427. The molecule has 0 aliphatic rings. The van der Waals surface area contributed by atoms with Gasteiger partial charge in [-0.1, -0.05) is 6.07 Å². The van der Waals surface area contributed by atoms with Gasteiger partial charge >= 0.3 is 0 Å². The number of nitrogens with two attached hydrogens (primary N) is 1. The van der Waals surface area contributed by atoms with Crippen molar-refractivity contribution in [1.29, 1.82) is 0 Å². The Morgan fingerprint density at radius 1 is 1.50 bits per heavy atom. The van der Waals surface area contributed by atoms with Gasteiger partial charge in [0.05, 0.1) is 0 Å². The largest absolute Gasteiger partial charge is 0.375 e. The Morgan fingerprint density at radius 2 is 2.36 bits per heavy atom. The first kappa shape index (κ1) is 9.61. The number of rotatable bonds is 2. The summed E-state index contributed by atoms with van der Waals surface area (Å²) in [5.41, 5.74) is 6.76. The van der Waals surface area contributed by atoms with E-state index < -0.39 is 0 Å². The van der Waals surface area contributed by atoms with E-state index in [-0.39, 0.29) is 0 Å². The van der Waals surface area contributed by atoms with Crippen molar-refractivity contribution in [2.24, 2.45) is 0 Å². The minimum absolute atomic E-state index is 0.593. The van der Waals surface area contributed by atoms with Crippen LogP contribution in [-0.2, 0) is 6.42 Å². The Hall–Kier alpha value is -0.940. The first-order valence-electron chi connectivity index (χ1n) is 4.05. The minimum atomic E-state index is 0.593. The van der Waals surface area contributed by atoms with E-state index in [0.717, 1.165) is 21.5 Å². The Morgan fingerprint density at radius 3 is 2.93 bits per heavy atom. The Kier molecular flexibility index (Phi) is 2.79. The molecule has 2 heterocycles. The van der Waals surface area contributed by atoms with E-state index in [9.17, 15) is 0 Å². The smallest absolute Gasteiger partial charge is 0.181 e. The Labute approximate surface area is 94.1 Å². The van der Waals surface area contributed by atoms with Gasteiger partial charge in [-0.3, -0.25) is 4.98 Å². The lowest BCUT2D eigenvalue weighted by Crippen LogP contribution is -1.86. The molecule has 2 aromatic heterocycles. The van der Waals surface area contributed by atoms with Gasteiger partial charge in [-0.15, -0.1) is 11.3 Å². The van der Waals surface area contributed by atoms with Crippen LogP contribution in [0.3, 0.4) is 0 Å². The summed E-state index contributed by atoms with van der Waals surface area (Å²) in [6.45, 7) is 0. The van der Waals surface area contributed by atoms with Crippen molar-refractivity contribution >= 4 is 32.4 Å². The fourth-order valence-corrected chi connectivity index (χ4v) is 2.60. The van der Waals surface area contributed by atoms with E-state index >= 15 is 0 Å². The van der Waals surface area contributed by atoms with Crippen molar-refractivity contribution in [3.63, 3.8) is 0 Å². The van der Waals surface area contributed by atoms with Crippen molar-refractivity contribution in [2.75, 3.05) is 5.73 Å². The highest BCUT2D eigenvalue weighted by Gasteiger charge is 2.07. The number of aromatic nitrogens is 2. The van der Waals surface area contributed by atoms with E-state index in [1.807, 2.05) is 18.3 Å². The lowest BCUT2D eigenvalue weighted by Gasteiger charge is -1.96. The van der Waals surface area contributed by atoms with Gasteiger partial charge < -0.3 is 5.73 Å². The second kappa shape index (κ2) is 4.06. The van der Waals surface area contributed by atoms with Crippen molar-refractivity contribution in [2.45, 2.75) is 6.42 Å². The zero-order valence-electron chi connectivity index (χ0n) is 7.27. The number of nitrogens with zero attached hydrogens (tertiary/aromatic N) is 2. The molecule has 0 aliphatic carbocycles. The van der Waals surface area contributed by atoms with Crippen LogP contribution in [0.25, 0.3) is 0 Å². The molecular formula is C9H8BrN3S. The Balaban J connectivity index is 2.23. The molecule has 0 spiro atoms. The van der Waals surface area contributed by atoms with Crippen LogP contribution in [0.4, 0.5) is 5.13 Å². The summed E-state index contributed by atoms with van der Waals surface area (Å²) in [7, 11) is 0. The third kappa shape index (κ3) is 2.10. The number of halogens is 1. The molecule has 2 aromatic rings. The average molecular weight is 270 g/mol. The van der Waals surface area contributed by atoms with Gasteiger partial charge in [0.15, 0.2) is 5.13 Å². The van der Waals surface area contributed by atoms with Crippen LogP contribution in [-0.4, -0.2) is 9.97 Å². The first-order chi connectivity index (χ1) is 6.75. The second-order valence-corrected chi connectivity index (χ2v) is 4.67. The van der Waals surface area contributed by atoms with Gasteiger partial charge in [-0.25, -0.2) is 4.98 Å². The predicted molar refractivity (Wildman–Crippen MR) is 61.3 cm³/mol. The van der Waals surface area contributed by atoms with Crippen molar-refractivity contribution in [3.05, 3.63) is 39.6 Å². The molecule has 3 nitrogen and oxygen atoms in total. The van der Waals surface area contributed by atoms with Gasteiger partial charge in [0.1, 0.15) is 4.60 Å². The molecule has 0 aromatic carbocycles. The predicted octanol–water partition coefficient (Wildman–Crippen LogP) is 2.47. The molecule has 2 rings (SSSR count). The van der Waals surface area contributed by atoms with Gasteiger partial charge in [-0.05, 0) is 27.6 Å². The number of anilines is 1. The summed E-state index contributed by atoms with van der Waals surface area (Å²) in [6, 6.07) is 3.96.